The largest absolute Gasteiger partial charge is 0.363 e. The maximum Gasteiger partial charge on any atom is 0.293 e. The van der Waals surface area contributed by atoms with Gasteiger partial charge in [0.2, 0.25) is 0 Å². The van der Waals surface area contributed by atoms with E-state index in [2.05, 4.69) is 17.9 Å². The Morgan fingerprint density at radius 3 is 2.57 bits per heavy atom. The highest BCUT2D eigenvalue weighted by Crippen LogP contribution is 2.31. The highest BCUT2D eigenvalue weighted by Gasteiger charge is 2.25. The lowest BCUT2D eigenvalue weighted by Crippen LogP contribution is -2.46. The van der Waals surface area contributed by atoms with Crippen molar-refractivity contribution in [2.24, 2.45) is 0 Å². The zero-order chi connectivity index (χ0) is 21.3. The van der Waals surface area contributed by atoms with Gasteiger partial charge in [-0.05, 0) is 24.7 Å². The number of piperazine rings is 1. The van der Waals surface area contributed by atoms with Crippen molar-refractivity contribution < 1.29 is 9.72 Å². The van der Waals surface area contributed by atoms with Crippen LogP contribution in [0, 0.1) is 21.4 Å². The van der Waals surface area contributed by atoms with E-state index in [0.29, 0.717) is 35.2 Å². The second-order valence-corrected chi connectivity index (χ2v) is 7.23. The molecule has 1 aliphatic rings. The molecule has 0 saturated carbocycles. The minimum absolute atomic E-state index is 0.0808. The molecule has 8 heteroatoms. The summed E-state index contributed by atoms with van der Waals surface area (Å²) >= 11 is 0. The fourth-order valence-electron chi connectivity index (χ4n) is 3.95. The van der Waals surface area contributed by atoms with Crippen molar-refractivity contribution in [2.75, 3.05) is 37.6 Å². The standard InChI is InChI=1S/C22H21N5O3/c1-2-24-9-11-25(12-10-24)20-8-7-16(13-21(20)27(29)30)22(28)26-15-17(14-23)18-5-3-4-6-19(18)26/h3-8,13,15H,2,9-12H2,1H3. The minimum atomic E-state index is -0.438. The number of benzene rings is 2. The Morgan fingerprint density at radius 1 is 1.17 bits per heavy atom. The Balaban J connectivity index is 1.71. The van der Waals surface area contributed by atoms with Gasteiger partial charge in [-0.25, -0.2) is 0 Å². The summed E-state index contributed by atoms with van der Waals surface area (Å²) in [4.78, 5) is 28.8. The maximum atomic E-state index is 13.1. The molecule has 8 nitrogen and oxygen atoms in total. The van der Waals surface area contributed by atoms with Crippen LogP contribution in [-0.2, 0) is 0 Å². The molecule has 0 N–H and O–H groups in total. The fraction of sp³-hybridized carbons (Fsp3) is 0.273. The van der Waals surface area contributed by atoms with Gasteiger partial charge in [0, 0.05) is 49.4 Å². The number of fused-ring (bicyclic) bond motifs is 1. The highest BCUT2D eigenvalue weighted by atomic mass is 16.6. The van der Waals surface area contributed by atoms with Crippen LogP contribution in [0.15, 0.2) is 48.7 Å². The van der Waals surface area contributed by atoms with Crippen LogP contribution in [0.4, 0.5) is 11.4 Å². The van der Waals surface area contributed by atoms with Crippen LogP contribution in [-0.4, -0.2) is 53.0 Å². The topological polar surface area (TPSA) is 95.4 Å². The van der Waals surface area contributed by atoms with Crippen molar-refractivity contribution >= 4 is 28.2 Å². The van der Waals surface area contributed by atoms with Gasteiger partial charge in [-0.3, -0.25) is 19.5 Å². The van der Waals surface area contributed by atoms with Crippen molar-refractivity contribution in [1.82, 2.24) is 9.47 Å². The first-order chi connectivity index (χ1) is 14.5. The normalized spacial score (nSPS) is 14.6. The summed E-state index contributed by atoms with van der Waals surface area (Å²) in [5.74, 6) is -0.404. The molecule has 1 aromatic heterocycles. The number of nitro groups is 1. The van der Waals surface area contributed by atoms with Crippen molar-refractivity contribution in [2.45, 2.75) is 6.92 Å². The fourth-order valence-corrected chi connectivity index (χ4v) is 3.95. The SMILES string of the molecule is CCN1CCN(c2ccc(C(=O)n3cc(C#N)c4ccccc43)cc2[N+](=O)[O-])CC1. The number of anilines is 1. The summed E-state index contributed by atoms with van der Waals surface area (Å²) < 4.78 is 1.38. The molecule has 0 spiro atoms. The Hall–Kier alpha value is -3.70. The third-order valence-electron chi connectivity index (χ3n) is 5.63. The molecule has 4 rings (SSSR count). The average Bonchev–Trinajstić information content (AvgIpc) is 3.17. The number of likely N-dealkylation sites (N-methyl/N-ethyl adjacent to an activating group) is 1. The van der Waals surface area contributed by atoms with Crippen LogP contribution in [0.25, 0.3) is 10.9 Å². The van der Waals surface area contributed by atoms with E-state index in [1.54, 1.807) is 36.4 Å². The van der Waals surface area contributed by atoms with E-state index < -0.39 is 10.8 Å². The van der Waals surface area contributed by atoms with Gasteiger partial charge in [-0.1, -0.05) is 25.1 Å². The van der Waals surface area contributed by atoms with Crippen LogP contribution >= 0.6 is 0 Å². The molecule has 1 saturated heterocycles. The average molecular weight is 403 g/mol. The molecule has 0 amide bonds. The first kappa shape index (κ1) is 19.6. The molecule has 1 aliphatic heterocycles. The predicted octanol–water partition coefficient (Wildman–Crippen LogP) is 3.25. The molecule has 2 heterocycles. The molecule has 0 aliphatic carbocycles. The number of para-hydroxylation sites is 1. The van der Waals surface area contributed by atoms with Crippen molar-refractivity contribution in [3.8, 4) is 6.07 Å². The summed E-state index contributed by atoms with van der Waals surface area (Å²) in [6, 6.07) is 13.8. The Bertz CT molecular complexity index is 1170. The van der Waals surface area contributed by atoms with Gasteiger partial charge in [0.1, 0.15) is 11.8 Å². The van der Waals surface area contributed by atoms with E-state index in [9.17, 15) is 20.2 Å². The summed E-state index contributed by atoms with van der Waals surface area (Å²) in [6.07, 6.45) is 1.48. The number of rotatable bonds is 4. The van der Waals surface area contributed by atoms with Crippen LogP contribution in [0.1, 0.15) is 22.8 Å². The van der Waals surface area contributed by atoms with Crippen LogP contribution in [0.5, 0.6) is 0 Å². The van der Waals surface area contributed by atoms with Crippen LogP contribution in [0.2, 0.25) is 0 Å². The first-order valence-electron chi connectivity index (χ1n) is 9.84. The number of hydrogen-bond donors (Lipinski definition) is 0. The summed E-state index contributed by atoms with van der Waals surface area (Å²) in [5.41, 5.74) is 1.65. The zero-order valence-corrected chi connectivity index (χ0v) is 16.6. The third-order valence-corrected chi connectivity index (χ3v) is 5.63. The van der Waals surface area contributed by atoms with E-state index in [1.165, 1.54) is 16.8 Å². The molecular weight excluding hydrogens is 382 g/mol. The molecule has 0 radical (unpaired) electrons. The molecule has 0 atom stereocenters. The molecule has 152 valence electrons. The summed E-state index contributed by atoms with van der Waals surface area (Å²) in [7, 11) is 0. The molecule has 3 aromatic rings. The summed E-state index contributed by atoms with van der Waals surface area (Å²) in [5, 5.41) is 21.8. The van der Waals surface area contributed by atoms with Gasteiger partial charge in [-0.15, -0.1) is 0 Å². The van der Waals surface area contributed by atoms with E-state index in [4.69, 9.17) is 0 Å². The predicted molar refractivity (Wildman–Crippen MR) is 114 cm³/mol. The summed E-state index contributed by atoms with van der Waals surface area (Å²) in [6.45, 7) is 6.16. The van der Waals surface area contributed by atoms with Crippen molar-refractivity contribution in [3.63, 3.8) is 0 Å². The number of carbonyl (C=O) groups is 1. The molecule has 1 fully saturated rings. The van der Waals surface area contributed by atoms with Gasteiger partial charge < -0.3 is 9.80 Å². The Labute approximate surface area is 173 Å². The minimum Gasteiger partial charge on any atom is -0.363 e. The lowest BCUT2D eigenvalue weighted by Gasteiger charge is -2.35. The third kappa shape index (κ3) is 3.40. The van der Waals surface area contributed by atoms with Gasteiger partial charge in [0.15, 0.2) is 0 Å². The van der Waals surface area contributed by atoms with Gasteiger partial charge in [0.25, 0.3) is 11.6 Å². The molecule has 0 unspecified atom stereocenters. The molecular formula is C22H21N5O3. The van der Waals surface area contributed by atoms with Crippen molar-refractivity contribution in [3.05, 3.63) is 69.9 Å². The molecule has 2 aromatic carbocycles. The quantitative estimate of drug-likeness (QED) is 0.490. The van der Waals surface area contributed by atoms with Crippen LogP contribution in [0.3, 0.4) is 0 Å². The Morgan fingerprint density at radius 2 is 1.90 bits per heavy atom. The zero-order valence-electron chi connectivity index (χ0n) is 16.6. The number of hydrogen-bond acceptors (Lipinski definition) is 6. The van der Waals surface area contributed by atoms with E-state index >= 15 is 0 Å². The molecule has 0 bridgehead atoms. The molecule has 30 heavy (non-hydrogen) atoms. The Kier molecular flexibility index (Phi) is 5.21. The van der Waals surface area contributed by atoms with Crippen LogP contribution < -0.4 is 4.90 Å². The lowest BCUT2D eigenvalue weighted by atomic mass is 10.1. The number of nitriles is 1. The van der Waals surface area contributed by atoms with Gasteiger partial charge in [0.05, 0.1) is 16.0 Å². The number of nitro benzene ring substituents is 1. The van der Waals surface area contributed by atoms with Crippen molar-refractivity contribution in [1.29, 1.82) is 5.26 Å². The maximum absolute atomic E-state index is 13.1. The number of nitrogens with zero attached hydrogens (tertiary/aromatic N) is 5. The number of aromatic nitrogens is 1. The smallest absolute Gasteiger partial charge is 0.293 e. The first-order valence-corrected chi connectivity index (χ1v) is 9.84. The lowest BCUT2D eigenvalue weighted by molar-refractivity contribution is -0.384. The second-order valence-electron chi connectivity index (χ2n) is 7.23. The number of carbonyl (C=O) groups excluding carboxylic acids is 1. The van der Waals surface area contributed by atoms with Gasteiger partial charge in [-0.2, -0.15) is 5.26 Å². The van der Waals surface area contributed by atoms with E-state index in [1.807, 2.05) is 4.90 Å². The van der Waals surface area contributed by atoms with E-state index in [-0.39, 0.29) is 11.3 Å². The highest BCUT2D eigenvalue weighted by molar-refractivity contribution is 6.04. The van der Waals surface area contributed by atoms with E-state index in [0.717, 1.165) is 19.6 Å². The van der Waals surface area contributed by atoms with Gasteiger partial charge >= 0.3 is 0 Å². The monoisotopic (exact) mass is 403 g/mol. The second kappa shape index (κ2) is 7.97.